The maximum Gasteiger partial charge on any atom is 0.329 e. The number of hydrogen-bond acceptors (Lipinski definition) is 12. The van der Waals surface area contributed by atoms with Crippen molar-refractivity contribution in [3.05, 3.63) is 52.6 Å². The molecule has 2 N–H and O–H groups in total. The Labute approximate surface area is 383 Å². The van der Waals surface area contributed by atoms with Crippen molar-refractivity contribution in [3.63, 3.8) is 0 Å². The van der Waals surface area contributed by atoms with E-state index >= 15 is 4.39 Å². The smallest absolute Gasteiger partial charge is 0.329 e. The molecule has 1 aliphatic carbocycles. The zero-order valence-electron chi connectivity index (χ0n) is 39.0. The summed E-state index contributed by atoms with van der Waals surface area (Å²) in [6.45, 7) is 10.3. The van der Waals surface area contributed by atoms with Crippen LogP contribution >= 0.6 is 11.6 Å². The molecule has 5 rings (SSSR count). The third-order valence-corrected chi connectivity index (χ3v) is 14.4. The molecule has 2 bridgehead atoms. The van der Waals surface area contributed by atoms with E-state index in [1.165, 1.54) is 14.2 Å². The number of fused-ring (bicyclic) bond motifs is 3. The van der Waals surface area contributed by atoms with Crippen LogP contribution in [0.25, 0.3) is 0 Å². The molecule has 3 fully saturated rings. The minimum Gasteiger partial charge on any atom is -0.488 e. The van der Waals surface area contributed by atoms with Crippen molar-refractivity contribution in [1.29, 1.82) is 0 Å². The molecular formula is C49H71ClFNO12. The number of esters is 1. The molecule has 1 amide bonds. The summed E-state index contributed by atoms with van der Waals surface area (Å²) in [6, 6.07) is 5.96. The van der Waals surface area contributed by atoms with Gasteiger partial charge in [0.05, 0.1) is 24.4 Å². The Kier molecular flexibility index (Phi) is 18.6. The molecule has 3 aliphatic heterocycles. The molecular weight excluding hydrogens is 849 g/mol. The molecule has 15 atom stereocenters. The highest BCUT2D eigenvalue weighted by molar-refractivity contribution is 6.39. The molecule has 2 saturated heterocycles. The van der Waals surface area contributed by atoms with Crippen LogP contribution in [0, 0.1) is 29.6 Å². The van der Waals surface area contributed by atoms with Gasteiger partial charge in [-0.05, 0) is 119 Å². The monoisotopic (exact) mass is 919 g/mol. The fraction of sp³-hybridized carbons (Fsp3) is 0.714. The van der Waals surface area contributed by atoms with Crippen molar-refractivity contribution in [3.8, 4) is 5.75 Å². The van der Waals surface area contributed by atoms with Crippen molar-refractivity contribution in [2.24, 2.45) is 29.6 Å². The number of halogens is 2. The molecule has 15 unspecified atom stereocenters. The third-order valence-electron chi connectivity index (χ3n) is 14.2. The molecule has 1 aromatic rings. The number of carbonyl (C=O) groups is 4. The highest BCUT2D eigenvalue weighted by Gasteiger charge is 2.57. The molecule has 3 heterocycles. The van der Waals surface area contributed by atoms with Crippen LogP contribution in [0.5, 0.6) is 5.75 Å². The van der Waals surface area contributed by atoms with Crippen LogP contribution in [0.15, 0.2) is 47.6 Å². The van der Waals surface area contributed by atoms with Gasteiger partial charge in [0, 0.05) is 57.1 Å². The van der Waals surface area contributed by atoms with Crippen LogP contribution in [0.4, 0.5) is 4.39 Å². The van der Waals surface area contributed by atoms with Gasteiger partial charge in [0.15, 0.2) is 0 Å². The van der Waals surface area contributed by atoms with Gasteiger partial charge >= 0.3 is 5.97 Å². The van der Waals surface area contributed by atoms with Crippen LogP contribution in [-0.4, -0.2) is 127 Å². The number of rotatable bonds is 8. The average Bonchev–Trinajstić information content (AvgIpc) is 3.29. The van der Waals surface area contributed by atoms with E-state index in [0.717, 1.165) is 11.3 Å². The number of alkyl halides is 1. The quantitative estimate of drug-likeness (QED) is 0.154. The number of Topliss-reactive ketones (excluding diaryl/α,β-unsaturated/α-hetero) is 2. The first kappa shape index (κ1) is 51.7. The Morgan fingerprint density at radius 1 is 0.938 bits per heavy atom. The van der Waals surface area contributed by atoms with E-state index in [2.05, 4.69) is 0 Å². The molecule has 13 nitrogen and oxygen atoms in total. The number of nitrogens with zero attached hydrogens (tertiary/aromatic N) is 1. The highest BCUT2D eigenvalue weighted by Crippen LogP contribution is 2.40. The lowest BCUT2D eigenvalue weighted by atomic mass is 9.81. The van der Waals surface area contributed by atoms with Crippen molar-refractivity contribution in [2.45, 2.75) is 166 Å². The number of amides is 1. The van der Waals surface area contributed by atoms with Crippen LogP contribution in [0.3, 0.4) is 0 Å². The van der Waals surface area contributed by atoms with Crippen LogP contribution in [0.1, 0.15) is 106 Å². The first-order chi connectivity index (χ1) is 30.4. The summed E-state index contributed by atoms with van der Waals surface area (Å²) >= 11 is 6.08. The second-order valence-corrected chi connectivity index (χ2v) is 19.1. The van der Waals surface area contributed by atoms with E-state index in [-0.39, 0.29) is 56.1 Å². The molecule has 15 heteroatoms. The zero-order chi connectivity index (χ0) is 47.0. The Morgan fingerprint density at radius 3 is 2.23 bits per heavy atom. The molecule has 0 spiro atoms. The van der Waals surface area contributed by atoms with Gasteiger partial charge in [-0.2, -0.15) is 0 Å². The van der Waals surface area contributed by atoms with E-state index in [4.69, 9.17) is 40.0 Å². The molecule has 1 saturated carbocycles. The second-order valence-electron chi connectivity index (χ2n) is 18.7. The van der Waals surface area contributed by atoms with Gasteiger partial charge < -0.3 is 43.5 Å². The number of aliphatic hydroxyl groups excluding tert-OH is 1. The minimum absolute atomic E-state index is 0.0266. The molecule has 0 aromatic heterocycles. The summed E-state index contributed by atoms with van der Waals surface area (Å²) in [6.07, 6.45) is 0.221. The van der Waals surface area contributed by atoms with Gasteiger partial charge in [0.1, 0.15) is 42.1 Å². The largest absolute Gasteiger partial charge is 0.488 e. The van der Waals surface area contributed by atoms with Crippen LogP contribution in [0.2, 0.25) is 5.02 Å². The SMILES string of the molecule is CCC1/C=C(\C)C(F)C(C)CC(OC)C2OC(O)(C(=O)C(=O)N3CCCCC3C(=O)OC(C(C)=CC3CCC(Oc4ccc(Cl)cc4)C(OC)C3)C(C)C(O)CC1=O)C(C)CC2OC. The fourth-order valence-corrected chi connectivity index (χ4v) is 10.2. The molecule has 4 aliphatic rings. The molecule has 0 radical (unpaired) electrons. The maximum atomic E-state index is 16.3. The number of carbonyl (C=O) groups excluding carboxylic acids is 4. The van der Waals surface area contributed by atoms with Gasteiger partial charge in [-0.3, -0.25) is 14.4 Å². The summed E-state index contributed by atoms with van der Waals surface area (Å²) < 4.78 is 52.6. The molecule has 64 heavy (non-hydrogen) atoms. The number of methoxy groups -OCH3 is 3. The van der Waals surface area contributed by atoms with Gasteiger partial charge in [-0.25, -0.2) is 9.18 Å². The number of piperidine rings is 1. The number of cyclic esters (lactones) is 1. The zero-order valence-corrected chi connectivity index (χ0v) is 39.8. The summed E-state index contributed by atoms with van der Waals surface area (Å²) in [5.41, 5.74) is 0.967. The minimum atomic E-state index is -2.61. The Morgan fingerprint density at radius 2 is 1.59 bits per heavy atom. The fourth-order valence-electron chi connectivity index (χ4n) is 10.1. The lowest BCUT2D eigenvalue weighted by Crippen LogP contribution is -2.64. The highest BCUT2D eigenvalue weighted by atomic mass is 35.5. The van der Waals surface area contributed by atoms with E-state index in [1.54, 1.807) is 53.0 Å². The summed E-state index contributed by atoms with van der Waals surface area (Å²) in [5, 5.41) is 24.5. The summed E-state index contributed by atoms with van der Waals surface area (Å²) in [5.74, 6) is -8.44. The number of aliphatic hydroxyl groups is 2. The predicted molar refractivity (Wildman–Crippen MR) is 238 cm³/mol. The Hall–Kier alpha value is -3.24. The standard InChI is InChI=1S/C49H71ClFNO12/c1-10-33-22-27(2)43(51)28(3)23-41(60-8)45-42(61-9)24-30(5)49(58,64-45)46(55)47(56)52-20-12-11-13-36(52)48(57)63-44(31(6)37(53)26-38(33)54)29(4)21-32-14-19-39(40(25-32)59-7)62-35-17-15-34(50)16-18-35/h15-18,21-22,28,30-33,36-37,39-45,53,58H,10-14,19-20,23-26H2,1-9H3/b27-22+,29-21?. The molecule has 358 valence electrons. The first-order valence-corrected chi connectivity index (χ1v) is 23.4. The van der Waals surface area contributed by atoms with Crippen molar-refractivity contribution < 1.29 is 62.2 Å². The summed E-state index contributed by atoms with van der Waals surface area (Å²) in [4.78, 5) is 58.2. The van der Waals surface area contributed by atoms with Gasteiger partial charge in [-0.1, -0.05) is 51.4 Å². The third kappa shape index (κ3) is 12.0. The Balaban J connectivity index is 1.50. The molecule has 1 aromatic carbocycles. The predicted octanol–water partition coefficient (Wildman–Crippen LogP) is 7.16. The Bertz CT molecular complexity index is 1830. The first-order valence-electron chi connectivity index (χ1n) is 23.0. The average molecular weight is 921 g/mol. The normalized spacial score (nSPS) is 38.9. The van der Waals surface area contributed by atoms with E-state index in [9.17, 15) is 29.4 Å². The number of benzene rings is 1. The van der Waals surface area contributed by atoms with E-state index in [0.29, 0.717) is 54.0 Å². The number of ketones is 2. The van der Waals surface area contributed by atoms with E-state index < -0.39 is 89.9 Å². The van der Waals surface area contributed by atoms with Crippen LogP contribution in [-0.2, 0) is 42.9 Å². The van der Waals surface area contributed by atoms with Crippen molar-refractivity contribution in [1.82, 2.24) is 4.90 Å². The van der Waals surface area contributed by atoms with Gasteiger partial charge in [0.2, 0.25) is 5.79 Å². The van der Waals surface area contributed by atoms with Crippen molar-refractivity contribution >= 4 is 35.0 Å². The van der Waals surface area contributed by atoms with Crippen LogP contribution < -0.4 is 4.74 Å². The topological polar surface area (TPSA) is 167 Å². The number of hydrogen-bond donors (Lipinski definition) is 2. The van der Waals surface area contributed by atoms with Crippen molar-refractivity contribution in [2.75, 3.05) is 27.9 Å². The van der Waals surface area contributed by atoms with Gasteiger partial charge in [-0.15, -0.1) is 0 Å². The maximum absolute atomic E-state index is 16.3. The summed E-state index contributed by atoms with van der Waals surface area (Å²) in [7, 11) is 4.52. The number of ether oxygens (including phenoxy) is 6. The number of allylic oxidation sites excluding steroid dienone is 3. The van der Waals surface area contributed by atoms with Gasteiger partial charge in [0.25, 0.3) is 11.7 Å². The lowest BCUT2D eigenvalue weighted by Gasteiger charge is -2.47. The second kappa shape index (κ2) is 23.0. The lowest BCUT2D eigenvalue weighted by molar-refractivity contribution is -0.302. The van der Waals surface area contributed by atoms with E-state index in [1.807, 2.05) is 32.1 Å².